The van der Waals surface area contributed by atoms with Crippen molar-refractivity contribution in [2.45, 2.75) is 6.42 Å². The summed E-state index contributed by atoms with van der Waals surface area (Å²) in [6, 6.07) is 5.82. The van der Waals surface area contributed by atoms with Gasteiger partial charge in [-0.1, -0.05) is 17.4 Å². The SMILES string of the molecule is COCCCNC(=O)CN(C)c1nc2c(OC)cccc2s1. The van der Waals surface area contributed by atoms with Crippen LogP contribution in [0.15, 0.2) is 18.2 Å². The fraction of sp³-hybridized carbons (Fsp3) is 0.467. The van der Waals surface area contributed by atoms with Gasteiger partial charge < -0.3 is 19.7 Å². The number of anilines is 1. The molecule has 0 saturated carbocycles. The maximum Gasteiger partial charge on any atom is 0.239 e. The number of thiazole rings is 1. The molecule has 1 aromatic carbocycles. The minimum absolute atomic E-state index is 0.0233. The number of fused-ring (bicyclic) bond motifs is 1. The lowest BCUT2D eigenvalue weighted by molar-refractivity contribution is -0.119. The molecule has 0 saturated heterocycles. The number of hydrogen-bond donors (Lipinski definition) is 1. The van der Waals surface area contributed by atoms with Crippen molar-refractivity contribution in [2.75, 3.05) is 45.9 Å². The number of amides is 1. The van der Waals surface area contributed by atoms with Crippen LogP contribution >= 0.6 is 11.3 Å². The molecule has 7 heteroatoms. The van der Waals surface area contributed by atoms with Crippen LogP contribution in [-0.2, 0) is 9.53 Å². The average Bonchev–Trinajstić information content (AvgIpc) is 2.95. The maximum absolute atomic E-state index is 11.9. The second-order valence-corrected chi connectivity index (χ2v) is 5.86. The van der Waals surface area contributed by atoms with Crippen LogP contribution in [0.3, 0.4) is 0 Å². The van der Waals surface area contributed by atoms with E-state index < -0.39 is 0 Å². The van der Waals surface area contributed by atoms with Gasteiger partial charge in [0, 0.05) is 27.3 Å². The van der Waals surface area contributed by atoms with Gasteiger partial charge in [0.25, 0.3) is 0 Å². The number of carbonyl (C=O) groups is 1. The Hall–Kier alpha value is -1.86. The number of para-hydroxylation sites is 1. The van der Waals surface area contributed by atoms with Gasteiger partial charge in [0.1, 0.15) is 11.3 Å². The first kappa shape index (κ1) is 16.5. The van der Waals surface area contributed by atoms with Crippen molar-refractivity contribution in [3.05, 3.63) is 18.2 Å². The maximum atomic E-state index is 11.9. The minimum atomic E-state index is -0.0233. The summed E-state index contributed by atoms with van der Waals surface area (Å²) < 4.78 is 11.3. The molecule has 0 fully saturated rings. The van der Waals surface area contributed by atoms with E-state index in [2.05, 4.69) is 10.3 Å². The summed E-state index contributed by atoms with van der Waals surface area (Å²) in [5.41, 5.74) is 0.831. The van der Waals surface area contributed by atoms with Crippen molar-refractivity contribution in [1.82, 2.24) is 10.3 Å². The Morgan fingerprint density at radius 3 is 2.95 bits per heavy atom. The van der Waals surface area contributed by atoms with Gasteiger partial charge in [-0.3, -0.25) is 4.79 Å². The molecule has 0 atom stereocenters. The van der Waals surface area contributed by atoms with Crippen molar-refractivity contribution >= 4 is 32.6 Å². The Morgan fingerprint density at radius 1 is 1.41 bits per heavy atom. The van der Waals surface area contributed by atoms with Gasteiger partial charge in [-0.25, -0.2) is 4.98 Å². The molecule has 2 rings (SSSR count). The molecule has 0 aliphatic heterocycles. The normalized spacial score (nSPS) is 10.7. The Kier molecular flexibility index (Phi) is 5.97. The molecule has 0 spiro atoms. The third-order valence-electron chi connectivity index (χ3n) is 3.15. The molecule has 1 aromatic heterocycles. The number of nitrogens with zero attached hydrogens (tertiary/aromatic N) is 2. The number of hydrogen-bond acceptors (Lipinski definition) is 6. The fourth-order valence-corrected chi connectivity index (χ4v) is 2.97. The highest BCUT2D eigenvalue weighted by Gasteiger charge is 2.13. The van der Waals surface area contributed by atoms with Crippen molar-refractivity contribution in [1.29, 1.82) is 0 Å². The Balaban J connectivity index is 1.97. The van der Waals surface area contributed by atoms with E-state index in [4.69, 9.17) is 9.47 Å². The zero-order chi connectivity index (χ0) is 15.9. The molecular formula is C15H21N3O3S. The van der Waals surface area contributed by atoms with Gasteiger partial charge in [-0.2, -0.15) is 0 Å². The molecule has 1 N–H and O–H groups in total. The second-order valence-electron chi connectivity index (χ2n) is 4.86. The van der Waals surface area contributed by atoms with Crippen LogP contribution in [0.2, 0.25) is 0 Å². The molecule has 0 aliphatic carbocycles. The average molecular weight is 323 g/mol. The quantitative estimate of drug-likeness (QED) is 0.752. The Bertz CT molecular complexity index is 630. The van der Waals surface area contributed by atoms with E-state index in [1.807, 2.05) is 30.1 Å². The van der Waals surface area contributed by atoms with Crippen molar-refractivity contribution in [3.8, 4) is 5.75 Å². The number of likely N-dealkylation sites (N-methyl/N-ethyl adjacent to an activating group) is 1. The number of nitrogens with one attached hydrogen (secondary N) is 1. The summed E-state index contributed by atoms with van der Waals surface area (Å²) in [5, 5.41) is 3.66. The first-order chi connectivity index (χ1) is 10.7. The van der Waals surface area contributed by atoms with Crippen LogP contribution in [0.4, 0.5) is 5.13 Å². The van der Waals surface area contributed by atoms with Crippen molar-refractivity contribution in [2.24, 2.45) is 0 Å². The molecule has 0 bridgehead atoms. The molecule has 0 aliphatic rings. The monoisotopic (exact) mass is 323 g/mol. The largest absolute Gasteiger partial charge is 0.494 e. The standard InChI is InChI=1S/C15H21N3O3S/c1-18(10-13(19)16-8-5-9-20-2)15-17-14-11(21-3)6-4-7-12(14)22-15/h4,6-7H,5,8-10H2,1-3H3,(H,16,19). The number of methoxy groups -OCH3 is 2. The first-order valence-electron chi connectivity index (χ1n) is 7.06. The zero-order valence-corrected chi connectivity index (χ0v) is 13.9. The van der Waals surface area contributed by atoms with Crippen LogP contribution in [-0.4, -0.2) is 51.9 Å². The van der Waals surface area contributed by atoms with E-state index in [0.717, 1.165) is 27.5 Å². The van der Waals surface area contributed by atoms with E-state index in [1.165, 1.54) is 0 Å². The highest BCUT2D eigenvalue weighted by Crippen LogP contribution is 2.33. The number of carbonyl (C=O) groups excluding carboxylic acids is 1. The molecule has 120 valence electrons. The number of benzene rings is 1. The third-order valence-corrected chi connectivity index (χ3v) is 4.28. The number of ether oxygens (including phenoxy) is 2. The lowest BCUT2D eigenvalue weighted by Gasteiger charge is -2.15. The van der Waals surface area contributed by atoms with Gasteiger partial charge in [0.15, 0.2) is 5.13 Å². The van der Waals surface area contributed by atoms with E-state index in [9.17, 15) is 4.79 Å². The summed E-state index contributed by atoms with van der Waals surface area (Å²) in [6.07, 6.45) is 0.810. The van der Waals surface area contributed by atoms with Gasteiger partial charge in [0.2, 0.25) is 5.91 Å². The molecular weight excluding hydrogens is 302 g/mol. The third kappa shape index (κ3) is 4.08. The van der Waals surface area contributed by atoms with E-state index in [0.29, 0.717) is 13.2 Å². The van der Waals surface area contributed by atoms with Crippen molar-refractivity contribution < 1.29 is 14.3 Å². The molecule has 0 unspecified atom stereocenters. The van der Waals surface area contributed by atoms with Crippen LogP contribution in [0.1, 0.15) is 6.42 Å². The minimum Gasteiger partial charge on any atom is -0.494 e. The summed E-state index contributed by atoms with van der Waals surface area (Å²) in [7, 11) is 5.14. The van der Waals surface area contributed by atoms with E-state index in [-0.39, 0.29) is 12.5 Å². The summed E-state index contributed by atoms with van der Waals surface area (Å²) in [5.74, 6) is 0.724. The van der Waals surface area contributed by atoms with Gasteiger partial charge in [-0.15, -0.1) is 0 Å². The lowest BCUT2D eigenvalue weighted by atomic mass is 10.3. The van der Waals surface area contributed by atoms with Crippen LogP contribution in [0.25, 0.3) is 10.2 Å². The summed E-state index contributed by atoms with van der Waals surface area (Å²) >= 11 is 1.54. The van der Waals surface area contributed by atoms with Crippen LogP contribution < -0.4 is 15.0 Å². The summed E-state index contributed by atoms with van der Waals surface area (Å²) in [4.78, 5) is 18.3. The summed E-state index contributed by atoms with van der Waals surface area (Å²) in [6.45, 7) is 1.54. The van der Waals surface area contributed by atoms with Gasteiger partial charge >= 0.3 is 0 Å². The molecule has 1 heterocycles. The molecule has 22 heavy (non-hydrogen) atoms. The highest BCUT2D eigenvalue weighted by molar-refractivity contribution is 7.22. The Morgan fingerprint density at radius 2 is 2.23 bits per heavy atom. The molecule has 1 amide bonds. The number of aromatic nitrogens is 1. The topological polar surface area (TPSA) is 63.7 Å². The molecule has 2 aromatic rings. The smallest absolute Gasteiger partial charge is 0.239 e. The zero-order valence-electron chi connectivity index (χ0n) is 13.1. The predicted octanol–water partition coefficient (Wildman–Crippen LogP) is 1.89. The van der Waals surface area contributed by atoms with Gasteiger partial charge in [0.05, 0.1) is 18.4 Å². The van der Waals surface area contributed by atoms with Crippen LogP contribution in [0, 0.1) is 0 Å². The van der Waals surface area contributed by atoms with E-state index in [1.54, 1.807) is 25.6 Å². The fourth-order valence-electron chi connectivity index (χ4n) is 2.02. The molecule has 6 nitrogen and oxygen atoms in total. The molecule has 0 radical (unpaired) electrons. The Labute approximate surface area is 134 Å². The van der Waals surface area contributed by atoms with Gasteiger partial charge in [-0.05, 0) is 18.6 Å². The predicted molar refractivity (Wildman–Crippen MR) is 88.9 cm³/mol. The number of rotatable bonds is 8. The van der Waals surface area contributed by atoms with Crippen LogP contribution in [0.5, 0.6) is 5.75 Å². The second kappa shape index (κ2) is 7.95. The lowest BCUT2D eigenvalue weighted by Crippen LogP contribution is -2.35. The van der Waals surface area contributed by atoms with E-state index >= 15 is 0 Å². The van der Waals surface area contributed by atoms with Crippen molar-refractivity contribution in [3.63, 3.8) is 0 Å². The first-order valence-corrected chi connectivity index (χ1v) is 7.87. The highest BCUT2D eigenvalue weighted by atomic mass is 32.1.